The molecule has 0 saturated carbocycles. The normalized spacial score (nSPS) is 11.4. The van der Waals surface area contributed by atoms with Gasteiger partial charge in [-0.2, -0.15) is 5.26 Å². The minimum absolute atomic E-state index is 0.220. The summed E-state index contributed by atoms with van der Waals surface area (Å²) in [6.45, 7) is 1.70. The Labute approximate surface area is 153 Å². The van der Waals surface area contributed by atoms with E-state index in [-0.39, 0.29) is 17.0 Å². The van der Waals surface area contributed by atoms with E-state index in [1.54, 1.807) is 13.0 Å². The van der Waals surface area contributed by atoms with Crippen LogP contribution in [-0.2, 0) is 4.79 Å². The van der Waals surface area contributed by atoms with Gasteiger partial charge in [0, 0.05) is 16.7 Å². The smallest absolute Gasteiger partial charge is 0.249 e. The fourth-order valence-electron chi connectivity index (χ4n) is 2.19. The molecule has 0 unspecified atom stereocenters. The number of halogens is 3. The van der Waals surface area contributed by atoms with Gasteiger partial charge in [0.15, 0.2) is 23.3 Å². The predicted octanol–water partition coefficient (Wildman–Crippen LogP) is 3.90. The molecule has 2 aromatic rings. The molecular weight excluding hydrogens is 366 g/mol. The highest BCUT2D eigenvalue weighted by Crippen LogP contribution is 2.31. The highest BCUT2D eigenvalue weighted by molar-refractivity contribution is 6.31. The quantitative estimate of drug-likeness (QED) is 0.632. The maximum Gasteiger partial charge on any atom is 0.249 e. The van der Waals surface area contributed by atoms with Crippen molar-refractivity contribution < 1.29 is 23.1 Å². The Hall–Kier alpha value is -2.98. The van der Waals surface area contributed by atoms with E-state index in [1.165, 1.54) is 19.2 Å². The van der Waals surface area contributed by atoms with Crippen molar-refractivity contribution in [3.8, 4) is 11.8 Å². The monoisotopic (exact) mass is 378 g/mol. The number of nitrogens with zero attached hydrogens (tertiary/aromatic N) is 1. The van der Waals surface area contributed by atoms with Crippen molar-refractivity contribution in [3.63, 3.8) is 0 Å². The molecule has 0 aliphatic rings. The Morgan fingerprint density at radius 1 is 1.23 bits per heavy atom. The molecule has 1 N–H and O–H groups in total. The highest BCUT2D eigenvalue weighted by atomic mass is 35.5. The lowest BCUT2D eigenvalue weighted by atomic mass is 9.97. The molecule has 0 heterocycles. The first-order chi connectivity index (χ1) is 12.3. The second kappa shape index (κ2) is 7.93. The SMILES string of the molecule is COc1cc(Cl)c(C)cc1NC(=O)[C@H](C#N)C(=O)c1ccc(F)c(F)c1. The Bertz CT molecular complexity index is 925. The summed E-state index contributed by atoms with van der Waals surface area (Å²) in [5.41, 5.74) is 0.575. The summed E-state index contributed by atoms with van der Waals surface area (Å²) in [5, 5.41) is 12.0. The van der Waals surface area contributed by atoms with E-state index in [1.807, 2.05) is 0 Å². The number of rotatable bonds is 5. The number of benzene rings is 2. The third-order valence-corrected chi connectivity index (χ3v) is 4.00. The molecule has 5 nitrogen and oxygen atoms in total. The third kappa shape index (κ3) is 3.98. The van der Waals surface area contributed by atoms with E-state index in [4.69, 9.17) is 16.3 Å². The molecule has 26 heavy (non-hydrogen) atoms. The van der Waals surface area contributed by atoms with Crippen molar-refractivity contribution in [1.29, 1.82) is 5.26 Å². The summed E-state index contributed by atoms with van der Waals surface area (Å²) in [7, 11) is 1.37. The number of hydrogen-bond donors (Lipinski definition) is 1. The number of ether oxygens (including phenoxy) is 1. The van der Waals surface area contributed by atoms with Gasteiger partial charge in [-0.3, -0.25) is 9.59 Å². The van der Waals surface area contributed by atoms with Gasteiger partial charge in [0.1, 0.15) is 5.75 Å². The van der Waals surface area contributed by atoms with Gasteiger partial charge in [-0.15, -0.1) is 0 Å². The van der Waals surface area contributed by atoms with E-state index in [9.17, 15) is 23.6 Å². The fraction of sp³-hybridized carbons (Fsp3) is 0.167. The number of methoxy groups -OCH3 is 1. The molecule has 2 rings (SSSR count). The maximum absolute atomic E-state index is 13.3. The van der Waals surface area contributed by atoms with Crippen molar-refractivity contribution in [3.05, 3.63) is 58.1 Å². The van der Waals surface area contributed by atoms with Crippen LogP contribution in [0.1, 0.15) is 15.9 Å². The van der Waals surface area contributed by atoms with Gasteiger partial charge in [0.2, 0.25) is 5.91 Å². The Morgan fingerprint density at radius 3 is 2.50 bits per heavy atom. The second-order valence-corrected chi connectivity index (χ2v) is 5.75. The number of aryl methyl sites for hydroxylation is 1. The standard InChI is InChI=1S/C18H13ClF2N2O3/c1-9-5-15(16(26-2)7-12(9)19)23-18(25)11(8-22)17(24)10-3-4-13(20)14(21)6-10/h3-7,11H,1-2H3,(H,23,25)/t11-/m1/s1. The largest absolute Gasteiger partial charge is 0.495 e. The van der Waals surface area contributed by atoms with Crippen LogP contribution in [0.4, 0.5) is 14.5 Å². The summed E-state index contributed by atoms with van der Waals surface area (Å²) in [6, 6.07) is 6.97. The zero-order valence-corrected chi connectivity index (χ0v) is 14.5. The molecule has 0 saturated heterocycles. The Morgan fingerprint density at radius 2 is 1.92 bits per heavy atom. The van der Waals surface area contributed by atoms with Crippen LogP contribution in [-0.4, -0.2) is 18.8 Å². The number of nitrogens with one attached hydrogen (secondary N) is 1. The molecule has 0 aliphatic carbocycles. The first kappa shape index (κ1) is 19.3. The van der Waals surface area contributed by atoms with Gasteiger partial charge in [-0.05, 0) is 36.8 Å². The van der Waals surface area contributed by atoms with E-state index < -0.39 is 29.2 Å². The molecule has 2 aromatic carbocycles. The van der Waals surface area contributed by atoms with Gasteiger partial charge >= 0.3 is 0 Å². The van der Waals surface area contributed by atoms with Crippen LogP contribution in [0, 0.1) is 35.8 Å². The minimum Gasteiger partial charge on any atom is -0.495 e. The molecule has 0 spiro atoms. The molecule has 8 heteroatoms. The fourth-order valence-corrected chi connectivity index (χ4v) is 2.34. The lowest BCUT2D eigenvalue weighted by molar-refractivity contribution is -0.117. The number of nitriles is 1. The minimum atomic E-state index is -1.75. The average Bonchev–Trinajstić information content (AvgIpc) is 2.60. The van der Waals surface area contributed by atoms with Gasteiger partial charge in [0.25, 0.3) is 0 Å². The molecular formula is C18H13ClF2N2O3. The van der Waals surface area contributed by atoms with Gasteiger partial charge in [-0.1, -0.05) is 11.6 Å². The topological polar surface area (TPSA) is 79.2 Å². The first-order valence-corrected chi connectivity index (χ1v) is 7.70. The van der Waals surface area contributed by atoms with Crippen molar-refractivity contribution in [1.82, 2.24) is 0 Å². The number of carbonyl (C=O) groups excluding carboxylic acids is 2. The molecule has 0 fully saturated rings. The summed E-state index contributed by atoms with van der Waals surface area (Å²) in [5.74, 6) is -5.77. The molecule has 0 aromatic heterocycles. The maximum atomic E-state index is 13.3. The van der Waals surface area contributed by atoms with E-state index in [0.717, 1.165) is 12.1 Å². The zero-order valence-electron chi connectivity index (χ0n) is 13.8. The van der Waals surface area contributed by atoms with Gasteiger partial charge in [0.05, 0.1) is 18.9 Å². The molecule has 0 aliphatic heterocycles. The molecule has 0 bridgehead atoms. The summed E-state index contributed by atoms with van der Waals surface area (Å²) in [6.07, 6.45) is 0. The summed E-state index contributed by atoms with van der Waals surface area (Å²) in [4.78, 5) is 24.7. The van der Waals surface area contributed by atoms with Crippen molar-refractivity contribution in [2.45, 2.75) is 6.92 Å². The van der Waals surface area contributed by atoms with Crippen molar-refractivity contribution >= 4 is 29.0 Å². The lowest BCUT2D eigenvalue weighted by Gasteiger charge is -2.14. The van der Waals surface area contributed by atoms with Crippen molar-refractivity contribution in [2.75, 3.05) is 12.4 Å². The van der Waals surface area contributed by atoms with E-state index >= 15 is 0 Å². The number of carbonyl (C=O) groups is 2. The molecule has 1 amide bonds. The van der Waals surface area contributed by atoms with Crippen LogP contribution in [0.15, 0.2) is 30.3 Å². The van der Waals surface area contributed by atoms with E-state index in [0.29, 0.717) is 16.7 Å². The Kier molecular flexibility index (Phi) is 5.90. The first-order valence-electron chi connectivity index (χ1n) is 7.32. The number of hydrogen-bond acceptors (Lipinski definition) is 4. The van der Waals surface area contributed by atoms with Crippen LogP contribution in [0.5, 0.6) is 5.75 Å². The van der Waals surface area contributed by atoms with E-state index in [2.05, 4.69) is 5.32 Å². The molecule has 134 valence electrons. The van der Waals surface area contributed by atoms with Crippen LogP contribution >= 0.6 is 11.6 Å². The zero-order chi connectivity index (χ0) is 19.4. The molecule has 1 atom stereocenters. The summed E-state index contributed by atoms with van der Waals surface area (Å²) < 4.78 is 31.4. The predicted molar refractivity (Wildman–Crippen MR) is 91.2 cm³/mol. The van der Waals surface area contributed by atoms with Crippen molar-refractivity contribution in [2.24, 2.45) is 5.92 Å². The number of ketones is 1. The van der Waals surface area contributed by atoms with Gasteiger partial charge < -0.3 is 10.1 Å². The third-order valence-electron chi connectivity index (χ3n) is 3.60. The molecule has 0 radical (unpaired) electrons. The average molecular weight is 379 g/mol. The van der Waals surface area contributed by atoms with Crippen LogP contribution in [0.25, 0.3) is 0 Å². The van der Waals surface area contributed by atoms with Crippen LogP contribution in [0.2, 0.25) is 5.02 Å². The van der Waals surface area contributed by atoms with Gasteiger partial charge in [-0.25, -0.2) is 8.78 Å². The second-order valence-electron chi connectivity index (χ2n) is 5.35. The number of Topliss-reactive ketones (excluding diaryl/α,β-unsaturated/α-hetero) is 1. The Balaban J connectivity index is 2.29. The number of anilines is 1. The van der Waals surface area contributed by atoms with Crippen LogP contribution < -0.4 is 10.1 Å². The summed E-state index contributed by atoms with van der Waals surface area (Å²) >= 11 is 5.98. The number of amides is 1. The lowest BCUT2D eigenvalue weighted by Crippen LogP contribution is -2.29. The van der Waals surface area contributed by atoms with Crippen LogP contribution in [0.3, 0.4) is 0 Å². The highest BCUT2D eigenvalue weighted by Gasteiger charge is 2.29.